The lowest BCUT2D eigenvalue weighted by atomic mass is 9.99. The average molecular weight is 301 g/mol. The predicted octanol–water partition coefficient (Wildman–Crippen LogP) is 1.85. The van der Waals surface area contributed by atoms with E-state index in [0.29, 0.717) is 5.56 Å². The SMILES string of the molecule is CCOc1cc(C)cc2c1OC(C(F)(F)F)C(C(=O)[O-])=C2. The lowest BCUT2D eigenvalue weighted by Gasteiger charge is -2.30. The van der Waals surface area contributed by atoms with Crippen LogP contribution in [0.15, 0.2) is 17.7 Å². The fraction of sp³-hybridized carbons (Fsp3) is 0.357. The Labute approximate surface area is 118 Å². The normalized spacial score (nSPS) is 17.6. The minimum atomic E-state index is -4.86. The summed E-state index contributed by atoms with van der Waals surface area (Å²) in [4.78, 5) is 10.9. The van der Waals surface area contributed by atoms with Gasteiger partial charge in [0.25, 0.3) is 0 Å². The van der Waals surface area contributed by atoms with Crippen LogP contribution >= 0.6 is 0 Å². The maximum absolute atomic E-state index is 12.9. The second-order valence-electron chi connectivity index (χ2n) is 4.54. The molecule has 114 valence electrons. The summed E-state index contributed by atoms with van der Waals surface area (Å²) in [6.07, 6.45) is -6.52. The topological polar surface area (TPSA) is 58.6 Å². The Morgan fingerprint density at radius 1 is 1.43 bits per heavy atom. The first-order chi connectivity index (χ1) is 9.74. The van der Waals surface area contributed by atoms with Gasteiger partial charge in [-0.25, -0.2) is 0 Å². The van der Waals surface area contributed by atoms with Crippen LogP contribution in [0.1, 0.15) is 18.1 Å². The summed E-state index contributed by atoms with van der Waals surface area (Å²) in [6.45, 7) is 3.64. The zero-order valence-electron chi connectivity index (χ0n) is 11.3. The fourth-order valence-electron chi connectivity index (χ4n) is 2.10. The standard InChI is InChI=1S/C14H13F3O4/c1-3-20-10-5-7(2)4-8-6-9(13(18)19)12(14(15,16)17)21-11(8)10/h4-6,12H,3H2,1-2H3,(H,18,19)/p-1. The lowest BCUT2D eigenvalue weighted by molar-refractivity contribution is -0.302. The molecule has 1 aromatic carbocycles. The van der Waals surface area contributed by atoms with Gasteiger partial charge in [-0.2, -0.15) is 13.2 Å². The molecule has 1 atom stereocenters. The molecule has 1 aromatic rings. The number of carboxylic acid groups (broad SMARTS) is 1. The molecule has 1 unspecified atom stereocenters. The fourth-order valence-corrected chi connectivity index (χ4v) is 2.10. The number of carboxylic acids is 1. The molecule has 1 heterocycles. The summed E-state index contributed by atoms with van der Waals surface area (Å²) in [7, 11) is 0. The summed E-state index contributed by atoms with van der Waals surface area (Å²) in [5.74, 6) is -1.88. The number of fused-ring (bicyclic) bond motifs is 1. The molecule has 0 N–H and O–H groups in total. The van der Waals surface area contributed by atoms with Crippen LogP contribution in [-0.2, 0) is 4.79 Å². The highest BCUT2D eigenvalue weighted by Crippen LogP contribution is 2.42. The van der Waals surface area contributed by atoms with Gasteiger partial charge in [-0.1, -0.05) is 0 Å². The van der Waals surface area contributed by atoms with E-state index >= 15 is 0 Å². The highest BCUT2D eigenvalue weighted by atomic mass is 19.4. The minimum absolute atomic E-state index is 0.116. The first-order valence-corrected chi connectivity index (χ1v) is 6.17. The van der Waals surface area contributed by atoms with E-state index in [0.717, 1.165) is 6.08 Å². The molecule has 0 aromatic heterocycles. The zero-order valence-corrected chi connectivity index (χ0v) is 11.3. The average Bonchev–Trinajstić information content (AvgIpc) is 2.36. The largest absolute Gasteiger partial charge is 0.545 e. The molecule has 0 fully saturated rings. The third-order valence-electron chi connectivity index (χ3n) is 2.89. The van der Waals surface area contributed by atoms with Gasteiger partial charge in [-0.05, 0) is 37.6 Å². The molecule has 4 nitrogen and oxygen atoms in total. The molecule has 21 heavy (non-hydrogen) atoms. The number of ether oxygens (including phenoxy) is 2. The molecule has 1 aliphatic rings. The van der Waals surface area contributed by atoms with E-state index in [1.54, 1.807) is 13.8 Å². The van der Waals surface area contributed by atoms with E-state index in [1.165, 1.54) is 12.1 Å². The summed E-state index contributed by atoms with van der Waals surface area (Å²) < 4.78 is 49.0. The van der Waals surface area contributed by atoms with Crippen LogP contribution in [0.3, 0.4) is 0 Å². The Balaban J connectivity index is 2.60. The summed E-state index contributed by atoms with van der Waals surface area (Å²) in [5.41, 5.74) is -0.0265. The molecule has 0 spiro atoms. The number of rotatable bonds is 3. The molecule has 0 radical (unpaired) electrons. The van der Waals surface area contributed by atoms with Gasteiger partial charge in [0.2, 0.25) is 6.10 Å². The van der Waals surface area contributed by atoms with Gasteiger partial charge in [0, 0.05) is 11.1 Å². The molecule has 2 rings (SSSR count). The number of aliphatic carboxylic acids is 1. The zero-order chi connectivity index (χ0) is 15.8. The Bertz CT molecular complexity index is 605. The van der Waals surface area contributed by atoms with Crippen molar-refractivity contribution in [2.75, 3.05) is 6.61 Å². The highest BCUT2D eigenvalue weighted by Gasteiger charge is 2.47. The minimum Gasteiger partial charge on any atom is -0.545 e. The number of hydrogen-bond acceptors (Lipinski definition) is 4. The summed E-state index contributed by atoms with van der Waals surface area (Å²) >= 11 is 0. The number of benzene rings is 1. The van der Waals surface area contributed by atoms with Crippen LogP contribution in [0.25, 0.3) is 6.08 Å². The van der Waals surface area contributed by atoms with Crippen molar-refractivity contribution in [3.63, 3.8) is 0 Å². The molecular weight excluding hydrogens is 289 g/mol. The van der Waals surface area contributed by atoms with Gasteiger partial charge in [0.05, 0.1) is 12.6 Å². The molecule has 0 saturated heterocycles. The number of carbonyl (C=O) groups is 1. The molecule has 0 amide bonds. The van der Waals surface area contributed by atoms with Crippen molar-refractivity contribution in [1.29, 1.82) is 0 Å². The van der Waals surface area contributed by atoms with Gasteiger partial charge in [-0.15, -0.1) is 0 Å². The Morgan fingerprint density at radius 2 is 2.10 bits per heavy atom. The van der Waals surface area contributed by atoms with Crippen molar-refractivity contribution < 1.29 is 32.5 Å². The molecule has 7 heteroatoms. The van der Waals surface area contributed by atoms with Crippen molar-refractivity contribution in [1.82, 2.24) is 0 Å². The number of halogens is 3. The summed E-state index contributed by atoms with van der Waals surface area (Å²) in [6, 6.07) is 3.06. The van der Waals surface area contributed by atoms with Crippen molar-refractivity contribution in [3.8, 4) is 11.5 Å². The third-order valence-corrected chi connectivity index (χ3v) is 2.89. The van der Waals surface area contributed by atoms with E-state index in [9.17, 15) is 23.1 Å². The number of hydrogen-bond donors (Lipinski definition) is 0. The van der Waals surface area contributed by atoms with Gasteiger partial charge >= 0.3 is 6.18 Å². The van der Waals surface area contributed by atoms with E-state index in [-0.39, 0.29) is 23.7 Å². The van der Waals surface area contributed by atoms with E-state index in [2.05, 4.69) is 0 Å². The monoisotopic (exact) mass is 301 g/mol. The second kappa shape index (κ2) is 5.31. The lowest BCUT2D eigenvalue weighted by Crippen LogP contribution is -2.44. The second-order valence-corrected chi connectivity index (χ2v) is 4.54. The smallest absolute Gasteiger partial charge is 0.429 e. The summed E-state index contributed by atoms with van der Waals surface area (Å²) in [5, 5.41) is 10.9. The van der Waals surface area contributed by atoms with Crippen molar-refractivity contribution in [2.45, 2.75) is 26.1 Å². The maximum Gasteiger partial charge on any atom is 0.429 e. The van der Waals surface area contributed by atoms with Crippen molar-refractivity contribution in [3.05, 3.63) is 28.8 Å². The van der Waals surface area contributed by atoms with Crippen LogP contribution in [-0.4, -0.2) is 24.9 Å². The van der Waals surface area contributed by atoms with Crippen LogP contribution in [0.5, 0.6) is 11.5 Å². The van der Waals surface area contributed by atoms with Gasteiger partial charge in [0.1, 0.15) is 0 Å². The first-order valence-electron chi connectivity index (χ1n) is 6.17. The Hall–Kier alpha value is -2.18. The molecule has 0 aliphatic carbocycles. The number of aryl methyl sites for hydroxylation is 1. The Kier molecular flexibility index (Phi) is 3.85. The maximum atomic E-state index is 12.9. The number of alkyl halides is 3. The van der Waals surface area contributed by atoms with Gasteiger partial charge < -0.3 is 19.4 Å². The van der Waals surface area contributed by atoms with E-state index in [1.807, 2.05) is 0 Å². The van der Waals surface area contributed by atoms with Crippen LogP contribution in [0, 0.1) is 6.92 Å². The first kappa shape index (κ1) is 15.2. The Morgan fingerprint density at radius 3 is 2.62 bits per heavy atom. The van der Waals surface area contributed by atoms with Crippen molar-refractivity contribution in [2.24, 2.45) is 0 Å². The van der Waals surface area contributed by atoms with Gasteiger partial charge in [-0.3, -0.25) is 0 Å². The number of carbonyl (C=O) groups excluding carboxylic acids is 1. The molecular formula is C14H12F3O4-. The van der Waals surface area contributed by atoms with Crippen LogP contribution in [0.2, 0.25) is 0 Å². The molecule has 1 aliphatic heterocycles. The molecule has 0 saturated carbocycles. The quantitative estimate of drug-likeness (QED) is 0.855. The van der Waals surface area contributed by atoms with E-state index < -0.39 is 23.8 Å². The van der Waals surface area contributed by atoms with Gasteiger partial charge in [0.15, 0.2) is 11.5 Å². The van der Waals surface area contributed by atoms with Crippen LogP contribution in [0.4, 0.5) is 13.2 Å². The molecule has 0 bridgehead atoms. The highest BCUT2D eigenvalue weighted by molar-refractivity contribution is 5.94. The van der Waals surface area contributed by atoms with Crippen LogP contribution < -0.4 is 14.6 Å². The third kappa shape index (κ3) is 2.96. The van der Waals surface area contributed by atoms with E-state index in [4.69, 9.17) is 9.47 Å². The predicted molar refractivity (Wildman–Crippen MR) is 65.8 cm³/mol. The van der Waals surface area contributed by atoms with Crippen molar-refractivity contribution >= 4 is 12.0 Å².